The Kier molecular flexibility index (Phi) is 6.74. The van der Waals surface area contributed by atoms with Crippen molar-refractivity contribution >= 4 is 40.9 Å². The first kappa shape index (κ1) is 23.9. The Balaban J connectivity index is 1.41. The minimum atomic E-state index is -0.619. The van der Waals surface area contributed by atoms with Crippen LogP contribution in [0.4, 0.5) is 10.1 Å². The van der Waals surface area contributed by atoms with Gasteiger partial charge in [0, 0.05) is 5.56 Å². The Bertz CT molecular complexity index is 1500. The van der Waals surface area contributed by atoms with Crippen molar-refractivity contribution in [3.8, 4) is 23.0 Å². The molecule has 0 aromatic heterocycles. The van der Waals surface area contributed by atoms with E-state index >= 15 is 0 Å². The lowest BCUT2D eigenvalue weighted by Gasteiger charge is -2.29. The number of ether oxygens (including phenoxy) is 2. The lowest BCUT2D eigenvalue weighted by atomic mass is 10.1. The molecule has 0 aliphatic carbocycles. The van der Waals surface area contributed by atoms with Gasteiger partial charge in [-0.3, -0.25) is 19.8 Å². The van der Waals surface area contributed by atoms with E-state index in [0.29, 0.717) is 34.2 Å². The van der Waals surface area contributed by atoms with Gasteiger partial charge in [0.1, 0.15) is 34.4 Å². The smallest absolute Gasteiger partial charge is 0.270 e. The SMILES string of the molecule is O=C1NC(=S)N(c2ccc(Oc3ccccc3)cc2)C(=O)/C1=C/c1ccccc1Oc1ccc(F)cc1. The van der Waals surface area contributed by atoms with Crippen molar-refractivity contribution in [2.75, 3.05) is 4.90 Å². The summed E-state index contributed by atoms with van der Waals surface area (Å²) >= 11 is 5.30. The molecule has 1 aliphatic heterocycles. The summed E-state index contributed by atoms with van der Waals surface area (Å²) in [5.74, 6) is 0.476. The van der Waals surface area contributed by atoms with Gasteiger partial charge in [0.2, 0.25) is 0 Å². The van der Waals surface area contributed by atoms with Gasteiger partial charge in [-0.15, -0.1) is 0 Å². The fourth-order valence-corrected chi connectivity index (χ4v) is 3.94. The normalized spacial score (nSPS) is 14.5. The molecule has 1 saturated heterocycles. The molecule has 0 spiro atoms. The van der Waals surface area contributed by atoms with Crippen LogP contribution in [0.2, 0.25) is 0 Å². The van der Waals surface area contributed by atoms with Gasteiger partial charge in [-0.25, -0.2) is 4.39 Å². The molecule has 37 heavy (non-hydrogen) atoms. The van der Waals surface area contributed by atoms with Gasteiger partial charge in [0.05, 0.1) is 5.69 Å². The number of anilines is 1. The van der Waals surface area contributed by atoms with E-state index in [4.69, 9.17) is 21.7 Å². The molecule has 2 amide bonds. The Morgan fingerprint density at radius 2 is 1.32 bits per heavy atom. The first-order chi connectivity index (χ1) is 18.0. The summed E-state index contributed by atoms with van der Waals surface area (Å²) < 4.78 is 24.9. The first-order valence-electron chi connectivity index (χ1n) is 11.2. The lowest BCUT2D eigenvalue weighted by Crippen LogP contribution is -2.54. The van der Waals surface area contributed by atoms with Crippen molar-refractivity contribution in [2.45, 2.75) is 0 Å². The summed E-state index contributed by atoms with van der Waals surface area (Å²) in [7, 11) is 0. The summed E-state index contributed by atoms with van der Waals surface area (Å²) in [6.07, 6.45) is 1.44. The fourth-order valence-electron chi connectivity index (χ4n) is 3.66. The number of halogens is 1. The Labute approximate surface area is 217 Å². The zero-order valence-corrected chi connectivity index (χ0v) is 20.1. The number of amides is 2. The molecule has 0 saturated carbocycles. The van der Waals surface area contributed by atoms with Gasteiger partial charge in [-0.2, -0.15) is 0 Å². The summed E-state index contributed by atoms with van der Waals surface area (Å²) in [5, 5.41) is 2.55. The number of rotatable bonds is 6. The number of hydrogen-bond acceptors (Lipinski definition) is 5. The number of nitrogens with one attached hydrogen (secondary N) is 1. The number of hydrogen-bond donors (Lipinski definition) is 1. The van der Waals surface area contributed by atoms with Crippen LogP contribution in [0.1, 0.15) is 5.56 Å². The molecule has 0 bridgehead atoms. The summed E-state index contributed by atoms with van der Waals surface area (Å²) in [6.45, 7) is 0. The maximum Gasteiger partial charge on any atom is 0.270 e. The van der Waals surface area contributed by atoms with Crippen molar-refractivity contribution in [2.24, 2.45) is 0 Å². The third-order valence-corrected chi connectivity index (χ3v) is 5.72. The number of thiocarbonyl (C=S) groups is 1. The predicted octanol–water partition coefficient (Wildman–Crippen LogP) is 6.24. The number of para-hydroxylation sites is 2. The fraction of sp³-hybridized carbons (Fsp3) is 0. The van der Waals surface area contributed by atoms with Crippen molar-refractivity contribution in [3.05, 3.63) is 120 Å². The maximum atomic E-state index is 13.4. The topological polar surface area (TPSA) is 67.9 Å². The van der Waals surface area contributed by atoms with Crippen molar-refractivity contribution < 1.29 is 23.5 Å². The molecule has 182 valence electrons. The molecule has 8 heteroatoms. The van der Waals surface area contributed by atoms with Crippen LogP contribution in [0.5, 0.6) is 23.0 Å². The standard InChI is InChI=1S/C29H19FN2O4S/c30-20-10-14-24(15-11-20)36-26-9-5-4-6-19(26)18-25-27(33)31-29(37)32(28(25)34)21-12-16-23(17-13-21)35-22-7-2-1-3-8-22/h1-18H,(H,31,33,37)/b25-18+. The van der Waals surface area contributed by atoms with Crippen molar-refractivity contribution in [3.63, 3.8) is 0 Å². The van der Waals surface area contributed by atoms with Crippen LogP contribution >= 0.6 is 12.2 Å². The largest absolute Gasteiger partial charge is 0.457 e. The molecular formula is C29H19FN2O4S. The molecular weight excluding hydrogens is 491 g/mol. The Morgan fingerprint density at radius 1 is 0.730 bits per heavy atom. The van der Waals surface area contributed by atoms with E-state index < -0.39 is 11.8 Å². The van der Waals surface area contributed by atoms with E-state index in [1.54, 1.807) is 48.5 Å². The Morgan fingerprint density at radius 3 is 2.05 bits per heavy atom. The molecule has 5 rings (SSSR count). The first-order valence-corrected chi connectivity index (χ1v) is 11.7. The van der Waals surface area contributed by atoms with Crippen molar-refractivity contribution in [1.82, 2.24) is 5.32 Å². The summed E-state index contributed by atoms with van der Waals surface area (Å²) in [6, 6.07) is 28.5. The van der Waals surface area contributed by atoms with Crippen LogP contribution in [0.25, 0.3) is 6.08 Å². The number of benzene rings is 4. The third kappa shape index (κ3) is 5.39. The second kappa shape index (κ2) is 10.4. The molecule has 0 atom stereocenters. The number of carbonyl (C=O) groups excluding carboxylic acids is 2. The monoisotopic (exact) mass is 510 g/mol. The summed E-state index contributed by atoms with van der Waals surface area (Å²) in [5.41, 5.74) is 0.843. The van der Waals surface area contributed by atoms with Crippen LogP contribution < -0.4 is 19.7 Å². The van der Waals surface area contributed by atoms with Crippen LogP contribution in [-0.4, -0.2) is 16.9 Å². The average Bonchev–Trinajstić information content (AvgIpc) is 2.90. The zero-order chi connectivity index (χ0) is 25.8. The van der Waals surface area contributed by atoms with E-state index in [2.05, 4.69) is 5.32 Å². The van der Waals surface area contributed by atoms with E-state index in [1.807, 2.05) is 30.3 Å². The van der Waals surface area contributed by atoms with Gasteiger partial charge >= 0.3 is 0 Å². The summed E-state index contributed by atoms with van der Waals surface area (Å²) in [4.78, 5) is 27.4. The number of carbonyl (C=O) groups is 2. The van der Waals surface area contributed by atoms with Crippen molar-refractivity contribution in [1.29, 1.82) is 0 Å². The van der Waals surface area contributed by atoms with Gasteiger partial charge in [-0.05, 0) is 85.0 Å². The minimum absolute atomic E-state index is 0.0280. The second-order valence-corrected chi connectivity index (χ2v) is 8.35. The highest BCUT2D eigenvalue weighted by Gasteiger charge is 2.34. The van der Waals surface area contributed by atoms with Gasteiger partial charge in [-0.1, -0.05) is 36.4 Å². The average molecular weight is 511 g/mol. The molecule has 4 aromatic rings. The predicted molar refractivity (Wildman–Crippen MR) is 142 cm³/mol. The van der Waals surface area contributed by atoms with Gasteiger partial charge < -0.3 is 9.47 Å². The molecule has 1 N–H and O–H groups in total. The molecule has 1 fully saturated rings. The van der Waals surface area contributed by atoms with E-state index in [-0.39, 0.29) is 16.5 Å². The van der Waals surface area contributed by atoms with Gasteiger partial charge in [0.25, 0.3) is 11.8 Å². The quantitative estimate of drug-likeness (QED) is 0.189. The van der Waals surface area contributed by atoms with E-state index in [1.165, 1.54) is 35.2 Å². The third-order valence-electron chi connectivity index (χ3n) is 5.44. The molecule has 0 radical (unpaired) electrons. The van der Waals surface area contributed by atoms with Crippen LogP contribution in [0.3, 0.4) is 0 Å². The highest BCUT2D eigenvalue weighted by atomic mass is 32.1. The van der Waals surface area contributed by atoms with E-state index in [0.717, 1.165) is 0 Å². The number of nitrogens with zero attached hydrogens (tertiary/aromatic N) is 1. The molecule has 4 aromatic carbocycles. The minimum Gasteiger partial charge on any atom is -0.457 e. The highest BCUT2D eigenvalue weighted by molar-refractivity contribution is 7.80. The second-order valence-electron chi connectivity index (χ2n) is 7.96. The highest BCUT2D eigenvalue weighted by Crippen LogP contribution is 2.30. The lowest BCUT2D eigenvalue weighted by molar-refractivity contribution is -0.122. The maximum absolute atomic E-state index is 13.4. The van der Waals surface area contributed by atoms with Crippen LogP contribution in [0.15, 0.2) is 109 Å². The molecule has 6 nitrogen and oxygen atoms in total. The van der Waals surface area contributed by atoms with Crippen LogP contribution in [-0.2, 0) is 9.59 Å². The molecule has 1 aliphatic rings. The Hall–Kier alpha value is -4.82. The van der Waals surface area contributed by atoms with Crippen LogP contribution in [0, 0.1) is 5.82 Å². The van der Waals surface area contributed by atoms with E-state index in [9.17, 15) is 14.0 Å². The molecule has 1 heterocycles. The van der Waals surface area contributed by atoms with Gasteiger partial charge in [0.15, 0.2) is 5.11 Å². The molecule has 0 unspecified atom stereocenters. The zero-order valence-electron chi connectivity index (χ0n) is 19.3.